The van der Waals surface area contributed by atoms with Crippen molar-refractivity contribution in [3.05, 3.63) is 77.6 Å². The van der Waals surface area contributed by atoms with E-state index in [9.17, 15) is 4.79 Å². The molecule has 30 heavy (non-hydrogen) atoms. The first-order chi connectivity index (χ1) is 14.6. The summed E-state index contributed by atoms with van der Waals surface area (Å²) < 4.78 is 7.54. The number of carbonyl (C=O) groups is 1. The molecule has 0 fully saturated rings. The molecule has 0 aliphatic heterocycles. The standard InChI is InChI=1S/C23H25N3O4/c1-3-21(18-8-10-20(11-9-18)26-13-5-12-24-26)25-30-15-14-29-22-7-4-6-19(17(22)2)16-23(27)28/h4-13H,3,14-16H2,1-2H3,(H,27,28). The molecule has 7 heteroatoms. The van der Waals surface area contributed by atoms with E-state index in [0.29, 0.717) is 12.4 Å². The van der Waals surface area contributed by atoms with Crippen LogP contribution in [0.5, 0.6) is 5.75 Å². The normalized spacial score (nSPS) is 11.3. The Labute approximate surface area is 175 Å². The van der Waals surface area contributed by atoms with Gasteiger partial charge in [0.25, 0.3) is 0 Å². The summed E-state index contributed by atoms with van der Waals surface area (Å²) in [6.45, 7) is 4.49. The summed E-state index contributed by atoms with van der Waals surface area (Å²) in [4.78, 5) is 16.4. The lowest BCUT2D eigenvalue weighted by molar-refractivity contribution is -0.136. The molecule has 0 bridgehead atoms. The van der Waals surface area contributed by atoms with Crippen LogP contribution >= 0.6 is 0 Å². The number of carboxylic acid groups (broad SMARTS) is 1. The number of hydrogen-bond donors (Lipinski definition) is 1. The number of oxime groups is 1. The minimum Gasteiger partial charge on any atom is -0.490 e. The first kappa shape index (κ1) is 21.1. The van der Waals surface area contributed by atoms with Gasteiger partial charge in [0.05, 0.1) is 17.8 Å². The quantitative estimate of drug-likeness (QED) is 0.312. The maximum Gasteiger partial charge on any atom is 0.307 e. The van der Waals surface area contributed by atoms with Crippen LogP contribution < -0.4 is 4.74 Å². The maximum absolute atomic E-state index is 10.9. The van der Waals surface area contributed by atoms with Gasteiger partial charge in [-0.2, -0.15) is 5.10 Å². The van der Waals surface area contributed by atoms with Gasteiger partial charge in [-0.3, -0.25) is 4.79 Å². The third kappa shape index (κ3) is 5.47. The van der Waals surface area contributed by atoms with Gasteiger partial charge in [-0.05, 0) is 54.3 Å². The molecule has 0 atom stereocenters. The van der Waals surface area contributed by atoms with Gasteiger partial charge in [0, 0.05) is 12.4 Å². The van der Waals surface area contributed by atoms with E-state index in [0.717, 1.165) is 34.5 Å². The van der Waals surface area contributed by atoms with Crippen molar-refractivity contribution in [3.63, 3.8) is 0 Å². The Hall–Kier alpha value is -3.61. The van der Waals surface area contributed by atoms with E-state index in [-0.39, 0.29) is 13.0 Å². The van der Waals surface area contributed by atoms with Crippen LogP contribution in [0.1, 0.15) is 30.0 Å². The predicted octanol–water partition coefficient (Wildman–Crippen LogP) is 4.02. The van der Waals surface area contributed by atoms with E-state index in [2.05, 4.69) is 10.3 Å². The summed E-state index contributed by atoms with van der Waals surface area (Å²) >= 11 is 0. The van der Waals surface area contributed by atoms with Gasteiger partial charge in [0.1, 0.15) is 12.4 Å². The molecule has 3 rings (SSSR count). The minimum absolute atomic E-state index is 0.0249. The van der Waals surface area contributed by atoms with Crippen LogP contribution in [-0.2, 0) is 16.1 Å². The van der Waals surface area contributed by atoms with Gasteiger partial charge < -0.3 is 14.7 Å². The Kier molecular flexibility index (Phi) is 7.21. The summed E-state index contributed by atoms with van der Waals surface area (Å²) in [6.07, 6.45) is 4.35. The Morgan fingerprint density at radius 1 is 1.13 bits per heavy atom. The Morgan fingerprint density at radius 3 is 2.60 bits per heavy atom. The van der Waals surface area contributed by atoms with E-state index < -0.39 is 5.97 Å². The van der Waals surface area contributed by atoms with Crippen LogP contribution in [0, 0.1) is 6.92 Å². The molecule has 0 aliphatic rings. The average Bonchev–Trinajstić information content (AvgIpc) is 3.28. The topological polar surface area (TPSA) is 85.9 Å². The highest BCUT2D eigenvalue weighted by molar-refractivity contribution is 6.00. The van der Waals surface area contributed by atoms with Crippen LogP contribution in [0.3, 0.4) is 0 Å². The fraction of sp³-hybridized carbons (Fsp3) is 0.261. The first-order valence-corrected chi connectivity index (χ1v) is 9.81. The molecule has 2 aromatic carbocycles. The predicted molar refractivity (Wildman–Crippen MR) is 114 cm³/mol. The monoisotopic (exact) mass is 407 g/mol. The second-order valence-electron chi connectivity index (χ2n) is 6.68. The van der Waals surface area contributed by atoms with E-state index >= 15 is 0 Å². The van der Waals surface area contributed by atoms with Crippen molar-refractivity contribution in [1.29, 1.82) is 0 Å². The van der Waals surface area contributed by atoms with Crippen molar-refractivity contribution in [3.8, 4) is 11.4 Å². The number of benzene rings is 2. The molecule has 1 aromatic heterocycles. The number of hydrogen-bond acceptors (Lipinski definition) is 5. The highest BCUT2D eigenvalue weighted by Gasteiger charge is 2.08. The zero-order chi connectivity index (χ0) is 21.3. The summed E-state index contributed by atoms with van der Waals surface area (Å²) in [5, 5.41) is 17.5. The fourth-order valence-electron chi connectivity index (χ4n) is 3.03. The van der Waals surface area contributed by atoms with E-state index in [4.69, 9.17) is 14.7 Å². The van der Waals surface area contributed by atoms with Crippen LogP contribution in [0.2, 0.25) is 0 Å². The molecule has 7 nitrogen and oxygen atoms in total. The van der Waals surface area contributed by atoms with Crippen molar-refractivity contribution in [2.45, 2.75) is 26.7 Å². The number of aromatic nitrogens is 2. The summed E-state index contributed by atoms with van der Waals surface area (Å²) in [7, 11) is 0. The van der Waals surface area contributed by atoms with Crippen LogP contribution in [0.25, 0.3) is 5.69 Å². The molecule has 3 aromatic rings. The molecule has 0 saturated carbocycles. The van der Waals surface area contributed by atoms with E-state index in [1.54, 1.807) is 23.0 Å². The zero-order valence-electron chi connectivity index (χ0n) is 17.1. The van der Waals surface area contributed by atoms with E-state index in [1.165, 1.54) is 0 Å². The third-order valence-electron chi connectivity index (χ3n) is 4.65. The molecular weight excluding hydrogens is 382 g/mol. The number of carboxylic acids is 1. The van der Waals surface area contributed by atoms with Gasteiger partial charge >= 0.3 is 5.97 Å². The Bertz CT molecular complexity index is 996. The molecule has 0 unspecified atom stereocenters. The maximum atomic E-state index is 10.9. The lowest BCUT2D eigenvalue weighted by Crippen LogP contribution is -2.09. The third-order valence-corrected chi connectivity index (χ3v) is 4.65. The molecular formula is C23H25N3O4. The molecule has 0 spiro atoms. The van der Waals surface area contributed by atoms with Crippen molar-refractivity contribution < 1.29 is 19.5 Å². The summed E-state index contributed by atoms with van der Waals surface area (Å²) in [6, 6.07) is 15.3. The molecule has 0 aliphatic carbocycles. The van der Waals surface area contributed by atoms with Crippen molar-refractivity contribution in [1.82, 2.24) is 9.78 Å². The lowest BCUT2D eigenvalue weighted by atomic mass is 10.1. The Morgan fingerprint density at radius 2 is 1.93 bits per heavy atom. The van der Waals surface area contributed by atoms with Crippen LogP contribution in [0.4, 0.5) is 0 Å². The average molecular weight is 407 g/mol. The zero-order valence-corrected chi connectivity index (χ0v) is 17.1. The second kappa shape index (κ2) is 10.2. The van der Waals surface area contributed by atoms with Gasteiger partial charge in [0.2, 0.25) is 0 Å². The molecule has 156 valence electrons. The smallest absolute Gasteiger partial charge is 0.307 e. The van der Waals surface area contributed by atoms with Crippen LogP contribution in [0.15, 0.2) is 66.1 Å². The molecule has 0 amide bonds. The van der Waals surface area contributed by atoms with Crippen molar-refractivity contribution in [2.24, 2.45) is 5.16 Å². The highest BCUT2D eigenvalue weighted by Crippen LogP contribution is 2.21. The van der Waals surface area contributed by atoms with Gasteiger partial charge in [-0.1, -0.05) is 36.3 Å². The molecule has 1 N–H and O–H groups in total. The van der Waals surface area contributed by atoms with Crippen LogP contribution in [-0.4, -0.2) is 39.8 Å². The van der Waals surface area contributed by atoms with Gasteiger partial charge in [-0.15, -0.1) is 0 Å². The number of aliphatic carboxylic acids is 1. The highest BCUT2D eigenvalue weighted by atomic mass is 16.6. The number of nitrogens with zero attached hydrogens (tertiary/aromatic N) is 3. The number of ether oxygens (including phenoxy) is 1. The number of rotatable bonds is 10. The second-order valence-corrected chi connectivity index (χ2v) is 6.68. The minimum atomic E-state index is -0.863. The lowest BCUT2D eigenvalue weighted by Gasteiger charge is -2.11. The van der Waals surface area contributed by atoms with Crippen molar-refractivity contribution >= 4 is 11.7 Å². The fourth-order valence-corrected chi connectivity index (χ4v) is 3.03. The van der Waals surface area contributed by atoms with Gasteiger partial charge in [0.15, 0.2) is 6.61 Å². The molecule has 1 heterocycles. The Balaban J connectivity index is 1.54. The SMILES string of the molecule is CCC(=NOCCOc1cccc(CC(=O)O)c1C)c1ccc(-n2cccn2)cc1. The summed E-state index contributed by atoms with van der Waals surface area (Å²) in [5.41, 5.74) is 4.39. The first-order valence-electron chi connectivity index (χ1n) is 9.81. The summed E-state index contributed by atoms with van der Waals surface area (Å²) in [5.74, 6) is -0.205. The van der Waals surface area contributed by atoms with Crippen molar-refractivity contribution in [2.75, 3.05) is 13.2 Å². The molecule has 0 saturated heterocycles. The molecule has 0 radical (unpaired) electrons. The largest absolute Gasteiger partial charge is 0.490 e. The van der Waals surface area contributed by atoms with Gasteiger partial charge in [-0.25, -0.2) is 4.68 Å². The van der Waals surface area contributed by atoms with E-state index in [1.807, 2.05) is 56.4 Å².